The summed E-state index contributed by atoms with van der Waals surface area (Å²) in [5.74, 6) is 0.496. The average molecular weight is 246 g/mol. The summed E-state index contributed by atoms with van der Waals surface area (Å²) in [5.41, 5.74) is 9.98. The Morgan fingerprint density at radius 2 is 2.00 bits per heavy atom. The highest BCUT2D eigenvalue weighted by Crippen LogP contribution is 2.27. The molecule has 1 fully saturated rings. The van der Waals surface area contributed by atoms with Gasteiger partial charge in [0.1, 0.15) is 0 Å². The number of piperidine rings is 1. The van der Waals surface area contributed by atoms with Crippen molar-refractivity contribution in [3.8, 4) is 0 Å². The minimum Gasteiger partial charge on any atom is -0.341 e. The molecule has 1 aromatic carbocycles. The zero-order valence-corrected chi connectivity index (χ0v) is 11.4. The van der Waals surface area contributed by atoms with Crippen LogP contribution in [0.25, 0.3) is 0 Å². The van der Waals surface area contributed by atoms with E-state index in [-0.39, 0.29) is 11.9 Å². The first-order valence-corrected chi connectivity index (χ1v) is 6.55. The summed E-state index contributed by atoms with van der Waals surface area (Å²) in [6.07, 6.45) is 0.965. The molecule has 0 bridgehead atoms. The molecule has 1 aliphatic rings. The summed E-state index contributed by atoms with van der Waals surface area (Å²) in [4.78, 5) is 13.4. The highest BCUT2D eigenvalue weighted by atomic mass is 16.2. The van der Waals surface area contributed by atoms with E-state index in [0.717, 1.165) is 13.0 Å². The lowest BCUT2D eigenvalue weighted by Crippen LogP contribution is -2.48. The summed E-state index contributed by atoms with van der Waals surface area (Å²) in [5, 5.41) is 0. The molecule has 2 unspecified atom stereocenters. The van der Waals surface area contributed by atoms with Gasteiger partial charge in [0.25, 0.3) is 0 Å². The van der Waals surface area contributed by atoms with Crippen LogP contribution in [0.15, 0.2) is 18.2 Å². The Morgan fingerprint density at radius 3 is 2.61 bits per heavy atom. The lowest BCUT2D eigenvalue weighted by molar-refractivity contribution is -0.130. The molecule has 2 rings (SSSR count). The fourth-order valence-electron chi connectivity index (χ4n) is 2.66. The second kappa shape index (κ2) is 5.11. The number of hydrogen-bond donors (Lipinski definition) is 1. The van der Waals surface area contributed by atoms with Crippen molar-refractivity contribution >= 4 is 5.91 Å². The predicted octanol–water partition coefficient (Wildman–Crippen LogP) is 1.97. The number of aryl methyl sites for hydroxylation is 2. The number of likely N-dealkylation sites (tertiary alicyclic amines) is 1. The Bertz CT molecular complexity index is 456. The molecule has 0 saturated carbocycles. The maximum absolute atomic E-state index is 11.5. The summed E-state index contributed by atoms with van der Waals surface area (Å²) < 4.78 is 0. The third-order valence-corrected chi connectivity index (χ3v) is 3.93. The van der Waals surface area contributed by atoms with Crippen LogP contribution >= 0.6 is 0 Å². The van der Waals surface area contributed by atoms with E-state index in [1.165, 1.54) is 16.7 Å². The number of hydrogen-bond acceptors (Lipinski definition) is 2. The number of benzene rings is 1. The van der Waals surface area contributed by atoms with Crippen molar-refractivity contribution in [1.29, 1.82) is 0 Å². The van der Waals surface area contributed by atoms with E-state index in [2.05, 4.69) is 32.0 Å². The Labute approximate surface area is 109 Å². The van der Waals surface area contributed by atoms with Crippen molar-refractivity contribution in [1.82, 2.24) is 4.90 Å². The van der Waals surface area contributed by atoms with Crippen LogP contribution in [0.3, 0.4) is 0 Å². The molecule has 0 radical (unpaired) electrons. The number of amides is 1. The van der Waals surface area contributed by atoms with Crippen LogP contribution in [-0.4, -0.2) is 29.9 Å². The van der Waals surface area contributed by atoms with Crippen molar-refractivity contribution in [2.24, 2.45) is 5.73 Å². The van der Waals surface area contributed by atoms with Gasteiger partial charge in [-0.25, -0.2) is 0 Å². The molecular weight excluding hydrogens is 224 g/mol. The van der Waals surface area contributed by atoms with Gasteiger partial charge in [-0.1, -0.05) is 18.2 Å². The number of nitrogens with zero attached hydrogens (tertiary/aromatic N) is 1. The lowest BCUT2D eigenvalue weighted by atomic mass is 9.87. The van der Waals surface area contributed by atoms with Crippen LogP contribution in [-0.2, 0) is 4.79 Å². The highest BCUT2D eigenvalue weighted by Gasteiger charge is 2.27. The van der Waals surface area contributed by atoms with Crippen molar-refractivity contribution in [2.45, 2.75) is 39.2 Å². The quantitative estimate of drug-likeness (QED) is 0.823. The van der Waals surface area contributed by atoms with Gasteiger partial charge < -0.3 is 10.6 Å². The van der Waals surface area contributed by atoms with E-state index in [1.54, 1.807) is 6.92 Å². The van der Waals surface area contributed by atoms with Crippen LogP contribution in [0.5, 0.6) is 0 Å². The highest BCUT2D eigenvalue weighted by molar-refractivity contribution is 5.73. The van der Waals surface area contributed by atoms with Gasteiger partial charge in [-0.15, -0.1) is 0 Å². The summed E-state index contributed by atoms with van der Waals surface area (Å²) >= 11 is 0. The van der Waals surface area contributed by atoms with E-state index < -0.39 is 0 Å². The molecule has 0 aliphatic carbocycles. The predicted molar refractivity (Wildman–Crippen MR) is 73.5 cm³/mol. The van der Waals surface area contributed by atoms with E-state index >= 15 is 0 Å². The number of carbonyl (C=O) groups is 1. The van der Waals surface area contributed by atoms with E-state index in [4.69, 9.17) is 5.73 Å². The fraction of sp³-hybridized carbons (Fsp3) is 0.533. The molecule has 1 heterocycles. The monoisotopic (exact) mass is 246 g/mol. The standard InChI is InChI=1S/C15H22N2O/c1-10-4-5-13(6-11(10)2)14-7-15(16)9-17(8-14)12(3)18/h4-6,14-15H,7-9,16H2,1-3H3. The molecule has 98 valence electrons. The summed E-state index contributed by atoms with van der Waals surface area (Å²) in [6, 6.07) is 6.65. The van der Waals surface area contributed by atoms with Crippen molar-refractivity contribution < 1.29 is 4.79 Å². The lowest BCUT2D eigenvalue weighted by Gasteiger charge is -2.36. The van der Waals surface area contributed by atoms with Crippen LogP contribution in [0.4, 0.5) is 0 Å². The van der Waals surface area contributed by atoms with E-state index in [1.807, 2.05) is 4.90 Å². The van der Waals surface area contributed by atoms with Gasteiger partial charge >= 0.3 is 0 Å². The SMILES string of the molecule is CC(=O)N1CC(N)CC(c2ccc(C)c(C)c2)C1. The maximum Gasteiger partial charge on any atom is 0.219 e. The molecule has 0 aromatic heterocycles. The van der Waals surface area contributed by atoms with E-state index in [0.29, 0.717) is 12.5 Å². The van der Waals surface area contributed by atoms with Gasteiger partial charge in [0.05, 0.1) is 0 Å². The topological polar surface area (TPSA) is 46.3 Å². The first kappa shape index (κ1) is 13.1. The van der Waals surface area contributed by atoms with Gasteiger partial charge in [0.15, 0.2) is 0 Å². The molecule has 1 aliphatic heterocycles. The van der Waals surface area contributed by atoms with Crippen LogP contribution in [0.2, 0.25) is 0 Å². The van der Waals surface area contributed by atoms with Crippen LogP contribution in [0, 0.1) is 13.8 Å². The molecule has 2 atom stereocenters. The minimum absolute atomic E-state index is 0.0919. The molecule has 3 heteroatoms. The Hall–Kier alpha value is -1.35. The molecule has 3 nitrogen and oxygen atoms in total. The normalized spacial score (nSPS) is 24.1. The second-order valence-electron chi connectivity index (χ2n) is 5.46. The second-order valence-corrected chi connectivity index (χ2v) is 5.46. The minimum atomic E-state index is 0.0919. The van der Waals surface area contributed by atoms with Gasteiger partial charge in [-0.05, 0) is 37.0 Å². The third kappa shape index (κ3) is 2.72. The Kier molecular flexibility index (Phi) is 3.71. The number of nitrogens with two attached hydrogens (primary N) is 1. The third-order valence-electron chi connectivity index (χ3n) is 3.93. The molecular formula is C15H22N2O. The first-order valence-electron chi connectivity index (χ1n) is 6.55. The zero-order valence-electron chi connectivity index (χ0n) is 11.4. The molecule has 1 amide bonds. The van der Waals surface area contributed by atoms with Crippen molar-refractivity contribution in [3.05, 3.63) is 34.9 Å². The maximum atomic E-state index is 11.5. The molecule has 2 N–H and O–H groups in total. The molecule has 1 saturated heterocycles. The van der Waals surface area contributed by atoms with Crippen LogP contribution in [0.1, 0.15) is 36.0 Å². The average Bonchev–Trinajstić information content (AvgIpc) is 2.31. The first-order chi connectivity index (χ1) is 8.47. The van der Waals surface area contributed by atoms with Gasteiger partial charge in [-0.3, -0.25) is 4.79 Å². The fourth-order valence-corrected chi connectivity index (χ4v) is 2.66. The van der Waals surface area contributed by atoms with Crippen molar-refractivity contribution in [3.63, 3.8) is 0 Å². The molecule has 1 aromatic rings. The zero-order chi connectivity index (χ0) is 13.3. The van der Waals surface area contributed by atoms with Crippen LogP contribution < -0.4 is 5.73 Å². The summed E-state index contributed by atoms with van der Waals surface area (Å²) in [6.45, 7) is 7.36. The van der Waals surface area contributed by atoms with Crippen molar-refractivity contribution in [2.75, 3.05) is 13.1 Å². The summed E-state index contributed by atoms with van der Waals surface area (Å²) in [7, 11) is 0. The Balaban J connectivity index is 2.21. The van der Waals surface area contributed by atoms with Gasteiger partial charge in [0.2, 0.25) is 5.91 Å². The van der Waals surface area contributed by atoms with Gasteiger partial charge in [0, 0.05) is 32.0 Å². The smallest absolute Gasteiger partial charge is 0.219 e. The largest absolute Gasteiger partial charge is 0.341 e. The van der Waals surface area contributed by atoms with Gasteiger partial charge in [-0.2, -0.15) is 0 Å². The molecule has 0 spiro atoms. The molecule has 18 heavy (non-hydrogen) atoms. The number of carbonyl (C=O) groups excluding carboxylic acids is 1. The van der Waals surface area contributed by atoms with E-state index in [9.17, 15) is 4.79 Å². The Morgan fingerprint density at radius 1 is 1.28 bits per heavy atom. The number of rotatable bonds is 1.